The molecule has 3 atom stereocenters. The van der Waals surface area contributed by atoms with E-state index in [1.807, 2.05) is 12.1 Å². The number of benzene rings is 1. The summed E-state index contributed by atoms with van der Waals surface area (Å²) in [5.41, 5.74) is 8.97. The SMILES string of the molecule is C[C@H]1[C@H](N)CCCN1Cc1ccc2c(c1)CN(C1CCC(=O)NC1=O)C2=O. The number of piperidine rings is 2. The van der Waals surface area contributed by atoms with Gasteiger partial charge in [0.1, 0.15) is 6.04 Å². The number of fused-ring (bicyclic) bond motifs is 1. The fraction of sp³-hybridized carbons (Fsp3) is 0.550. The molecule has 3 heterocycles. The highest BCUT2D eigenvalue weighted by Crippen LogP contribution is 2.29. The maximum Gasteiger partial charge on any atom is 0.255 e. The summed E-state index contributed by atoms with van der Waals surface area (Å²) in [6.45, 7) is 4.44. The number of nitrogens with one attached hydrogen (secondary N) is 1. The van der Waals surface area contributed by atoms with Gasteiger partial charge in [0.05, 0.1) is 0 Å². The number of nitrogens with two attached hydrogens (primary N) is 1. The van der Waals surface area contributed by atoms with E-state index in [0.717, 1.165) is 37.1 Å². The Bertz CT molecular complexity index is 793. The van der Waals surface area contributed by atoms with E-state index in [-0.39, 0.29) is 30.2 Å². The van der Waals surface area contributed by atoms with Gasteiger partial charge in [-0.3, -0.25) is 24.6 Å². The third-order valence-electron chi connectivity index (χ3n) is 6.15. The molecule has 1 aromatic carbocycles. The molecule has 27 heavy (non-hydrogen) atoms. The van der Waals surface area contributed by atoms with Crippen molar-refractivity contribution < 1.29 is 14.4 Å². The van der Waals surface area contributed by atoms with E-state index in [9.17, 15) is 14.4 Å². The number of imide groups is 1. The summed E-state index contributed by atoms with van der Waals surface area (Å²) in [5, 5.41) is 2.34. The Morgan fingerprint density at radius 1 is 1.22 bits per heavy atom. The molecule has 2 saturated heterocycles. The van der Waals surface area contributed by atoms with Crippen molar-refractivity contribution in [2.24, 2.45) is 5.73 Å². The molecule has 1 aromatic rings. The van der Waals surface area contributed by atoms with Crippen molar-refractivity contribution in [2.75, 3.05) is 6.54 Å². The molecular weight excluding hydrogens is 344 g/mol. The molecule has 1 unspecified atom stereocenters. The minimum absolute atomic E-state index is 0.126. The van der Waals surface area contributed by atoms with Gasteiger partial charge in [-0.2, -0.15) is 0 Å². The number of rotatable bonds is 3. The van der Waals surface area contributed by atoms with E-state index in [1.54, 1.807) is 4.90 Å². The summed E-state index contributed by atoms with van der Waals surface area (Å²) in [4.78, 5) is 40.2. The number of amides is 3. The van der Waals surface area contributed by atoms with E-state index in [1.165, 1.54) is 0 Å². The zero-order valence-electron chi connectivity index (χ0n) is 15.6. The van der Waals surface area contributed by atoms with E-state index in [2.05, 4.69) is 23.2 Å². The third kappa shape index (κ3) is 3.37. The molecule has 3 N–H and O–H groups in total. The number of nitrogens with zero attached hydrogens (tertiary/aromatic N) is 2. The van der Waals surface area contributed by atoms with E-state index in [0.29, 0.717) is 24.6 Å². The molecule has 7 nitrogen and oxygen atoms in total. The van der Waals surface area contributed by atoms with E-state index in [4.69, 9.17) is 5.73 Å². The molecule has 4 rings (SSSR count). The Labute approximate surface area is 158 Å². The quantitative estimate of drug-likeness (QED) is 0.766. The summed E-state index contributed by atoms with van der Waals surface area (Å²) in [6.07, 6.45) is 2.84. The van der Waals surface area contributed by atoms with Crippen molar-refractivity contribution in [3.05, 3.63) is 34.9 Å². The van der Waals surface area contributed by atoms with Crippen LogP contribution in [0.5, 0.6) is 0 Å². The van der Waals surface area contributed by atoms with Gasteiger partial charge in [-0.1, -0.05) is 12.1 Å². The first-order valence-electron chi connectivity index (χ1n) is 9.70. The average Bonchev–Trinajstić information content (AvgIpc) is 2.95. The molecule has 2 fully saturated rings. The number of carbonyl (C=O) groups is 3. The maximum absolute atomic E-state index is 12.8. The molecule has 144 valence electrons. The maximum atomic E-state index is 12.8. The number of hydrogen-bond acceptors (Lipinski definition) is 5. The lowest BCUT2D eigenvalue weighted by molar-refractivity contribution is -0.136. The number of carbonyl (C=O) groups excluding carboxylic acids is 3. The largest absolute Gasteiger partial charge is 0.326 e. The zero-order valence-corrected chi connectivity index (χ0v) is 15.6. The van der Waals surface area contributed by atoms with Crippen LogP contribution in [0.25, 0.3) is 0 Å². The van der Waals surface area contributed by atoms with Gasteiger partial charge < -0.3 is 10.6 Å². The number of hydrogen-bond donors (Lipinski definition) is 2. The summed E-state index contributed by atoms with van der Waals surface area (Å²) in [7, 11) is 0. The summed E-state index contributed by atoms with van der Waals surface area (Å²) < 4.78 is 0. The Morgan fingerprint density at radius 2 is 2.04 bits per heavy atom. The summed E-state index contributed by atoms with van der Waals surface area (Å²) >= 11 is 0. The Balaban J connectivity index is 1.49. The van der Waals surface area contributed by atoms with E-state index >= 15 is 0 Å². The van der Waals surface area contributed by atoms with E-state index < -0.39 is 6.04 Å². The van der Waals surface area contributed by atoms with Gasteiger partial charge in [0.15, 0.2) is 0 Å². The monoisotopic (exact) mass is 370 g/mol. The molecule has 0 radical (unpaired) electrons. The van der Waals surface area contributed by atoms with Crippen LogP contribution in [0.4, 0.5) is 0 Å². The highest BCUT2D eigenvalue weighted by atomic mass is 16.2. The van der Waals surface area contributed by atoms with Crippen molar-refractivity contribution in [1.29, 1.82) is 0 Å². The van der Waals surface area contributed by atoms with Crippen molar-refractivity contribution >= 4 is 17.7 Å². The fourth-order valence-corrected chi connectivity index (χ4v) is 4.43. The predicted octanol–water partition coefficient (Wildman–Crippen LogP) is 0.759. The first-order chi connectivity index (χ1) is 12.9. The van der Waals surface area contributed by atoms with Crippen LogP contribution in [-0.2, 0) is 22.7 Å². The molecule has 3 aliphatic rings. The Hall–Kier alpha value is -2.25. The molecule has 3 aliphatic heterocycles. The second-order valence-electron chi connectivity index (χ2n) is 7.91. The van der Waals surface area contributed by atoms with Crippen LogP contribution in [-0.4, -0.2) is 52.2 Å². The van der Waals surface area contributed by atoms with Gasteiger partial charge in [0.25, 0.3) is 5.91 Å². The van der Waals surface area contributed by atoms with Gasteiger partial charge in [-0.25, -0.2) is 0 Å². The molecule has 0 spiro atoms. The smallest absolute Gasteiger partial charge is 0.255 e. The Morgan fingerprint density at radius 3 is 2.81 bits per heavy atom. The minimum Gasteiger partial charge on any atom is -0.326 e. The zero-order chi connectivity index (χ0) is 19.1. The van der Waals surface area contributed by atoms with Gasteiger partial charge in [-0.05, 0) is 49.9 Å². The van der Waals surface area contributed by atoms with Crippen LogP contribution >= 0.6 is 0 Å². The summed E-state index contributed by atoms with van der Waals surface area (Å²) in [5.74, 6) is -0.764. The van der Waals surface area contributed by atoms with Crippen LogP contribution < -0.4 is 11.1 Å². The predicted molar refractivity (Wildman–Crippen MR) is 99.6 cm³/mol. The second kappa shape index (κ2) is 7.05. The molecule has 0 aromatic heterocycles. The fourth-order valence-electron chi connectivity index (χ4n) is 4.43. The molecule has 0 bridgehead atoms. The standard InChI is InChI=1S/C20H26N4O3/c1-12-16(21)3-2-8-23(12)10-13-4-5-15-14(9-13)11-24(20(15)27)17-6-7-18(25)22-19(17)26/h4-5,9,12,16-17H,2-3,6-8,10-11,21H2,1H3,(H,22,25,26)/t12-,16+,17?/m0/s1. The molecule has 0 aliphatic carbocycles. The second-order valence-corrected chi connectivity index (χ2v) is 7.91. The highest BCUT2D eigenvalue weighted by molar-refractivity contribution is 6.05. The average molecular weight is 370 g/mol. The lowest BCUT2D eigenvalue weighted by Crippen LogP contribution is -2.52. The first kappa shape index (κ1) is 18.1. The van der Waals surface area contributed by atoms with Crippen LogP contribution in [0.1, 0.15) is 54.1 Å². The molecule has 0 saturated carbocycles. The van der Waals surface area contributed by atoms with Crippen LogP contribution in [0.2, 0.25) is 0 Å². The normalized spacial score (nSPS) is 29.0. The summed E-state index contributed by atoms with van der Waals surface area (Å²) in [6, 6.07) is 5.93. The van der Waals surface area contributed by atoms with Crippen LogP contribution in [0.15, 0.2) is 18.2 Å². The lowest BCUT2D eigenvalue weighted by atomic mass is 9.97. The Kier molecular flexibility index (Phi) is 4.74. The minimum atomic E-state index is -0.564. The van der Waals surface area contributed by atoms with Gasteiger partial charge in [0.2, 0.25) is 11.8 Å². The molecule has 3 amide bonds. The van der Waals surface area contributed by atoms with Crippen LogP contribution in [0, 0.1) is 0 Å². The molecule has 7 heteroatoms. The van der Waals surface area contributed by atoms with Gasteiger partial charge in [0, 0.05) is 37.2 Å². The highest BCUT2D eigenvalue weighted by Gasteiger charge is 2.39. The van der Waals surface area contributed by atoms with Crippen molar-refractivity contribution in [3.8, 4) is 0 Å². The van der Waals surface area contributed by atoms with Crippen molar-refractivity contribution in [2.45, 2.75) is 63.8 Å². The first-order valence-corrected chi connectivity index (χ1v) is 9.70. The van der Waals surface area contributed by atoms with Crippen molar-refractivity contribution in [1.82, 2.24) is 15.1 Å². The number of likely N-dealkylation sites (tertiary alicyclic amines) is 1. The molecular formula is C20H26N4O3. The third-order valence-corrected chi connectivity index (χ3v) is 6.15. The lowest BCUT2D eigenvalue weighted by Gasteiger charge is -2.37. The van der Waals surface area contributed by atoms with Crippen LogP contribution in [0.3, 0.4) is 0 Å². The van der Waals surface area contributed by atoms with Crippen molar-refractivity contribution in [3.63, 3.8) is 0 Å². The van der Waals surface area contributed by atoms with Gasteiger partial charge >= 0.3 is 0 Å². The van der Waals surface area contributed by atoms with Gasteiger partial charge in [-0.15, -0.1) is 0 Å². The topological polar surface area (TPSA) is 95.7 Å².